The summed E-state index contributed by atoms with van der Waals surface area (Å²) in [5.41, 5.74) is 3.59. The summed E-state index contributed by atoms with van der Waals surface area (Å²) < 4.78 is 56.9. The van der Waals surface area contributed by atoms with Crippen LogP contribution in [0, 0.1) is 11.6 Å². The zero-order chi connectivity index (χ0) is 26.9. The number of benzene rings is 2. The number of nitrogens with zero attached hydrogens (tertiary/aromatic N) is 6. The molecule has 0 saturated carbocycles. The molecule has 0 radical (unpaired) electrons. The maximum atomic E-state index is 14.0. The monoisotopic (exact) mass is 535 g/mol. The van der Waals surface area contributed by atoms with Crippen LogP contribution >= 0.6 is 0 Å². The van der Waals surface area contributed by atoms with Gasteiger partial charge in [-0.1, -0.05) is 6.07 Å². The third kappa shape index (κ3) is 5.50. The summed E-state index contributed by atoms with van der Waals surface area (Å²) >= 11 is 0. The first-order valence-electron chi connectivity index (χ1n) is 11.6. The Morgan fingerprint density at radius 2 is 1.76 bits per heavy atom. The SMILES string of the molecule is CN(C)CCn1cc(-c2cnc3ccc(-c4cncc(S(=O)(=O)Nc5ccc(F)cc5F)c4)cc3n2)cn1. The van der Waals surface area contributed by atoms with Crippen LogP contribution in [0.2, 0.25) is 0 Å². The fourth-order valence-corrected chi connectivity index (χ4v) is 4.80. The van der Waals surface area contributed by atoms with Crippen LogP contribution in [-0.4, -0.2) is 58.7 Å². The van der Waals surface area contributed by atoms with Gasteiger partial charge >= 0.3 is 0 Å². The largest absolute Gasteiger partial charge is 0.308 e. The number of rotatable bonds is 8. The highest BCUT2D eigenvalue weighted by Crippen LogP contribution is 2.27. The van der Waals surface area contributed by atoms with E-state index in [1.54, 1.807) is 30.6 Å². The molecule has 5 rings (SSSR count). The number of hydrogen-bond acceptors (Lipinski definition) is 7. The van der Waals surface area contributed by atoms with E-state index in [-0.39, 0.29) is 10.6 Å². The van der Waals surface area contributed by atoms with Crippen molar-refractivity contribution in [1.29, 1.82) is 0 Å². The second-order valence-electron chi connectivity index (χ2n) is 8.89. The standard InChI is InChI=1S/C26H23F2N7O2S/c1-34(2)7-8-35-16-19(13-31-35)26-15-30-24-5-3-17(10-25(24)32-26)18-9-21(14-29-12-18)38(36,37)33-23-6-4-20(27)11-22(23)28/h3-6,9-16,33H,7-8H2,1-2H3. The third-order valence-electron chi connectivity index (χ3n) is 5.78. The van der Waals surface area contributed by atoms with Crippen LogP contribution in [0.5, 0.6) is 0 Å². The van der Waals surface area contributed by atoms with Gasteiger partial charge in [0.15, 0.2) is 0 Å². The molecular weight excluding hydrogens is 512 g/mol. The van der Waals surface area contributed by atoms with Crippen LogP contribution < -0.4 is 4.72 Å². The Morgan fingerprint density at radius 1 is 0.921 bits per heavy atom. The molecule has 0 unspecified atom stereocenters. The van der Waals surface area contributed by atoms with Crippen molar-refractivity contribution in [2.24, 2.45) is 0 Å². The molecule has 0 fully saturated rings. The van der Waals surface area contributed by atoms with Crippen molar-refractivity contribution in [2.45, 2.75) is 11.4 Å². The Labute approximate surface area is 217 Å². The van der Waals surface area contributed by atoms with Gasteiger partial charge in [-0.3, -0.25) is 19.4 Å². The van der Waals surface area contributed by atoms with Gasteiger partial charge in [-0.2, -0.15) is 5.10 Å². The highest BCUT2D eigenvalue weighted by Gasteiger charge is 2.18. The average molecular weight is 536 g/mol. The van der Waals surface area contributed by atoms with Crippen LogP contribution in [0.4, 0.5) is 14.5 Å². The van der Waals surface area contributed by atoms with Gasteiger partial charge < -0.3 is 4.90 Å². The minimum Gasteiger partial charge on any atom is -0.308 e. The number of aromatic nitrogens is 5. The van der Waals surface area contributed by atoms with Gasteiger partial charge in [0.25, 0.3) is 10.0 Å². The lowest BCUT2D eigenvalue weighted by Crippen LogP contribution is -2.18. The van der Waals surface area contributed by atoms with Gasteiger partial charge in [-0.05, 0) is 50.0 Å². The van der Waals surface area contributed by atoms with Crippen LogP contribution in [-0.2, 0) is 16.6 Å². The minimum absolute atomic E-state index is 0.177. The Balaban J connectivity index is 1.43. The number of pyridine rings is 1. The van der Waals surface area contributed by atoms with Crippen molar-refractivity contribution in [2.75, 3.05) is 25.4 Å². The normalized spacial score (nSPS) is 11.8. The highest BCUT2D eigenvalue weighted by molar-refractivity contribution is 7.92. The van der Waals surface area contributed by atoms with Crippen LogP contribution in [0.25, 0.3) is 33.4 Å². The van der Waals surface area contributed by atoms with Gasteiger partial charge in [-0.25, -0.2) is 22.2 Å². The predicted octanol–water partition coefficient (Wildman–Crippen LogP) is 4.20. The summed E-state index contributed by atoms with van der Waals surface area (Å²) in [7, 11) is -0.189. The summed E-state index contributed by atoms with van der Waals surface area (Å²) in [4.78, 5) is 15.2. The maximum absolute atomic E-state index is 14.0. The predicted molar refractivity (Wildman–Crippen MR) is 140 cm³/mol. The fourth-order valence-electron chi connectivity index (χ4n) is 3.75. The first-order valence-corrected chi connectivity index (χ1v) is 13.0. The lowest BCUT2D eigenvalue weighted by molar-refractivity contribution is 0.373. The van der Waals surface area contributed by atoms with E-state index < -0.39 is 21.7 Å². The Bertz CT molecular complexity index is 1740. The number of halogens is 2. The first-order chi connectivity index (χ1) is 18.2. The molecule has 0 saturated heterocycles. The van der Waals surface area contributed by atoms with Gasteiger partial charge in [-0.15, -0.1) is 0 Å². The van der Waals surface area contributed by atoms with Crippen molar-refractivity contribution in [3.05, 3.63) is 85.1 Å². The molecule has 0 aliphatic carbocycles. The van der Waals surface area contributed by atoms with Crippen molar-refractivity contribution in [3.63, 3.8) is 0 Å². The number of hydrogen-bond donors (Lipinski definition) is 1. The van der Waals surface area contributed by atoms with E-state index in [0.717, 1.165) is 37.0 Å². The number of nitrogens with one attached hydrogen (secondary N) is 1. The Kier molecular flexibility index (Phi) is 6.83. The topological polar surface area (TPSA) is 106 Å². The van der Waals surface area contributed by atoms with Crippen molar-refractivity contribution in [1.82, 2.24) is 29.6 Å². The van der Waals surface area contributed by atoms with E-state index in [4.69, 9.17) is 4.98 Å². The molecule has 3 heterocycles. The average Bonchev–Trinajstić information content (AvgIpc) is 3.38. The second kappa shape index (κ2) is 10.2. The molecule has 0 aliphatic heterocycles. The molecule has 5 aromatic rings. The molecule has 2 aromatic carbocycles. The van der Waals surface area contributed by atoms with Gasteiger partial charge in [0, 0.05) is 42.3 Å². The Morgan fingerprint density at radius 3 is 2.55 bits per heavy atom. The van der Waals surface area contributed by atoms with E-state index in [9.17, 15) is 17.2 Å². The number of anilines is 1. The molecule has 12 heteroatoms. The lowest BCUT2D eigenvalue weighted by atomic mass is 10.1. The third-order valence-corrected chi connectivity index (χ3v) is 7.11. The van der Waals surface area contributed by atoms with Crippen LogP contribution in [0.1, 0.15) is 0 Å². The number of likely N-dealkylation sites (N-methyl/N-ethyl adjacent to an activating group) is 1. The molecule has 9 nitrogen and oxygen atoms in total. The van der Waals surface area contributed by atoms with Crippen LogP contribution in [0.3, 0.4) is 0 Å². The summed E-state index contributed by atoms with van der Waals surface area (Å²) in [6.07, 6.45) is 8.01. The van der Waals surface area contributed by atoms with E-state index in [0.29, 0.717) is 33.9 Å². The van der Waals surface area contributed by atoms with E-state index >= 15 is 0 Å². The van der Waals surface area contributed by atoms with E-state index in [1.807, 2.05) is 25.0 Å². The number of fused-ring (bicyclic) bond motifs is 1. The summed E-state index contributed by atoms with van der Waals surface area (Å²) in [6, 6.07) is 9.38. The molecule has 194 valence electrons. The molecule has 0 bridgehead atoms. The molecular formula is C26H23F2N7O2S. The van der Waals surface area contributed by atoms with Crippen LogP contribution in [0.15, 0.2) is 78.3 Å². The molecule has 1 N–H and O–H groups in total. The van der Waals surface area contributed by atoms with E-state index in [1.165, 1.54) is 12.3 Å². The summed E-state index contributed by atoms with van der Waals surface area (Å²) in [5.74, 6) is -1.83. The van der Waals surface area contributed by atoms with Gasteiger partial charge in [0.05, 0.1) is 41.4 Å². The van der Waals surface area contributed by atoms with Crippen molar-refractivity contribution in [3.8, 4) is 22.4 Å². The zero-order valence-corrected chi connectivity index (χ0v) is 21.3. The molecule has 38 heavy (non-hydrogen) atoms. The maximum Gasteiger partial charge on any atom is 0.263 e. The molecule has 0 aliphatic rings. The van der Waals surface area contributed by atoms with Gasteiger partial charge in [0.2, 0.25) is 0 Å². The molecule has 0 atom stereocenters. The number of sulfonamides is 1. The van der Waals surface area contributed by atoms with Crippen molar-refractivity contribution < 1.29 is 17.2 Å². The smallest absolute Gasteiger partial charge is 0.263 e. The quantitative estimate of drug-likeness (QED) is 0.318. The van der Waals surface area contributed by atoms with Crippen molar-refractivity contribution >= 4 is 26.7 Å². The Hall–Kier alpha value is -4.29. The fraction of sp³-hybridized carbons (Fsp3) is 0.154. The van der Waals surface area contributed by atoms with Gasteiger partial charge in [0.1, 0.15) is 16.5 Å². The lowest BCUT2D eigenvalue weighted by Gasteiger charge is -2.10. The minimum atomic E-state index is -4.19. The molecule has 0 spiro atoms. The summed E-state index contributed by atoms with van der Waals surface area (Å²) in [6.45, 7) is 1.60. The summed E-state index contributed by atoms with van der Waals surface area (Å²) in [5, 5.41) is 4.39. The molecule has 0 amide bonds. The highest BCUT2D eigenvalue weighted by atomic mass is 32.2. The zero-order valence-electron chi connectivity index (χ0n) is 20.5. The first kappa shape index (κ1) is 25.4. The second-order valence-corrected chi connectivity index (χ2v) is 10.6. The van der Waals surface area contributed by atoms with E-state index in [2.05, 4.69) is 24.7 Å². The molecule has 3 aromatic heterocycles.